The Morgan fingerprint density at radius 1 is 1.11 bits per heavy atom. The molecule has 144 valence electrons. The average molecular weight is 390 g/mol. The quantitative estimate of drug-likeness (QED) is 0.732. The van der Waals surface area contributed by atoms with Crippen LogP contribution >= 0.6 is 0 Å². The van der Waals surface area contributed by atoms with E-state index in [0.29, 0.717) is 11.1 Å². The van der Waals surface area contributed by atoms with Crippen molar-refractivity contribution in [2.45, 2.75) is 31.7 Å². The van der Waals surface area contributed by atoms with Gasteiger partial charge in [-0.25, -0.2) is 18.4 Å². The summed E-state index contributed by atoms with van der Waals surface area (Å²) in [5, 5.41) is 7.74. The van der Waals surface area contributed by atoms with Gasteiger partial charge in [-0.05, 0) is 50.1 Å². The molecule has 8 heteroatoms. The molecule has 0 unspecified atom stereocenters. The van der Waals surface area contributed by atoms with Gasteiger partial charge in [-0.3, -0.25) is 4.79 Å². The number of carbonyl (C=O) groups is 2. The number of ether oxygens (including phenoxy) is 1. The highest BCUT2D eigenvalue weighted by Gasteiger charge is 2.15. The van der Waals surface area contributed by atoms with E-state index in [1.165, 1.54) is 12.1 Å². The van der Waals surface area contributed by atoms with Gasteiger partial charge in [0.1, 0.15) is 0 Å². The molecule has 0 aromatic heterocycles. The summed E-state index contributed by atoms with van der Waals surface area (Å²) in [5.74, 6) is -1.02. The lowest BCUT2D eigenvalue weighted by molar-refractivity contribution is -0.124. The van der Waals surface area contributed by atoms with E-state index in [4.69, 9.17) is 9.88 Å². The number of amides is 1. The van der Waals surface area contributed by atoms with Gasteiger partial charge in [0.05, 0.1) is 16.5 Å². The summed E-state index contributed by atoms with van der Waals surface area (Å²) in [6.07, 6.45) is 0. The number of rotatable bonds is 6. The van der Waals surface area contributed by atoms with Gasteiger partial charge < -0.3 is 10.1 Å². The summed E-state index contributed by atoms with van der Waals surface area (Å²) in [4.78, 5) is 24.1. The number of sulfonamides is 1. The zero-order valence-corrected chi connectivity index (χ0v) is 16.2. The Labute approximate surface area is 158 Å². The SMILES string of the molecule is Cc1ccc(C(=O)OCC(=O)N[C@H](C)c2ccc(S(N)(=O)=O)cc2)c(C)c1. The van der Waals surface area contributed by atoms with Crippen LogP contribution in [0.3, 0.4) is 0 Å². The third-order valence-corrected chi connectivity index (χ3v) is 4.95. The van der Waals surface area contributed by atoms with Gasteiger partial charge in [-0.15, -0.1) is 0 Å². The molecule has 1 atom stereocenters. The van der Waals surface area contributed by atoms with Crippen molar-refractivity contribution in [3.05, 3.63) is 64.7 Å². The van der Waals surface area contributed by atoms with Crippen molar-refractivity contribution in [3.8, 4) is 0 Å². The highest BCUT2D eigenvalue weighted by atomic mass is 32.2. The second-order valence-electron chi connectivity index (χ2n) is 6.30. The highest BCUT2D eigenvalue weighted by Crippen LogP contribution is 2.16. The molecular formula is C19H22N2O5S. The van der Waals surface area contributed by atoms with Crippen LogP contribution in [0.2, 0.25) is 0 Å². The van der Waals surface area contributed by atoms with E-state index >= 15 is 0 Å². The summed E-state index contributed by atoms with van der Waals surface area (Å²) < 4.78 is 27.6. The van der Waals surface area contributed by atoms with Crippen LogP contribution in [0.5, 0.6) is 0 Å². The van der Waals surface area contributed by atoms with E-state index in [-0.39, 0.29) is 4.90 Å². The molecule has 0 aliphatic heterocycles. The molecule has 0 saturated heterocycles. The lowest BCUT2D eigenvalue weighted by atomic mass is 10.1. The van der Waals surface area contributed by atoms with Crippen LogP contribution in [-0.4, -0.2) is 26.9 Å². The smallest absolute Gasteiger partial charge is 0.338 e. The van der Waals surface area contributed by atoms with E-state index in [1.54, 1.807) is 38.1 Å². The number of hydrogen-bond acceptors (Lipinski definition) is 5. The van der Waals surface area contributed by atoms with Crippen LogP contribution in [0, 0.1) is 13.8 Å². The van der Waals surface area contributed by atoms with Crippen LogP contribution in [0.15, 0.2) is 47.4 Å². The van der Waals surface area contributed by atoms with Crippen molar-refractivity contribution in [2.24, 2.45) is 5.14 Å². The average Bonchev–Trinajstić information content (AvgIpc) is 2.59. The Hall–Kier alpha value is -2.71. The fourth-order valence-electron chi connectivity index (χ4n) is 2.56. The molecule has 0 fully saturated rings. The van der Waals surface area contributed by atoms with Gasteiger partial charge in [0.25, 0.3) is 5.91 Å². The maximum atomic E-state index is 12.1. The minimum Gasteiger partial charge on any atom is -0.452 e. The summed E-state index contributed by atoms with van der Waals surface area (Å²) in [6, 6.07) is 10.8. The predicted octanol–water partition coefficient (Wildman–Crippen LogP) is 1.99. The summed E-state index contributed by atoms with van der Waals surface area (Å²) in [7, 11) is -3.76. The molecule has 1 amide bonds. The molecule has 7 nitrogen and oxygen atoms in total. The molecule has 0 heterocycles. The Morgan fingerprint density at radius 3 is 2.30 bits per heavy atom. The van der Waals surface area contributed by atoms with Crippen LogP contribution in [0.1, 0.15) is 40.0 Å². The molecule has 2 aromatic rings. The second kappa shape index (κ2) is 8.32. The number of aryl methyl sites for hydroxylation is 2. The molecule has 0 radical (unpaired) electrons. The van der Waals surface area contributed by atoms with Crippen molar-refractivity contribution >= 4 is 21.9 Å². The molecule has 0 bridgehead atoms. The Balaban J connectivity index is 1.92. The number of hydrogen-bond donors (Lipinski definition) is 2. The standard InChI is InChI=1S/C19H22N2O5S/c1-12-4-9-17(13(2)10-12)19(23)26-11-18(22)21-14(3)15-5-7-16(8-6-15)27(20,24)25/h4-10,14H,11H2,1-3H3,(H,21,22)(H2,20,24,25)/t14-/m1/s1. The molecule has 2 rings (SSSR count). The number of nitrogens with two attached hydrogens (primary N) is 1. The normalized spacial score (nSPS) is 12.3. The fourth-order valence-corrected chi connectivity index (χ4v) is 3.08. The van der Waals surface area contributed by atoms with E-state index in [1.807, 2.05) is 13.0 Å². The van der Waals surface area contributed by atoms with Gasteiger partial charge in [-0.2, -0.15) is 0 Å². The topological polar surface area (TPSA) is 116 Å². The van der Waals surface area contributed by atoms with Crippen molar-refractivity contribution in [1.29, 1.82) is 0 Å². The number of benzene rings is 2. The summed E-state index contributed by atoms with van der Waals surface area (Å²) in [6.45, 7) is 5.05. The molecular weight excluding hydrogens is 368 g/mol. The molecule has 0 saturated carbocycles. The first-order chi connectivity index (χ1) is 12.6. The monoisotopic (exact) mass is 390 g/mol. The molecule has 0 aliphatic rings. The number of primary sulfonamides is 1. The molecule has 3 N–H and O–H groups in total. The predicted molar refractivity (Wildman–Crippen MR) is 101 cm³/mol. The lowest BCUT2D eigenvalue weighted by Gasteiger charge is -2.15. The van der Waals surface area contributed by atoms with E-state index < -0.39 is 34.5 Å². The van der Waals surface area contributed by atoms with E-state index in [9.17, 15) is 18.0 Å². The van der Waals surface area contributed by atoms with Gasteiger partial charge in [0, 0.05) is 0 Å². The summed E-state index contributed by atoms with van der Waals surface area (Å²) >= 11 is 0. The van der Waals surface area contributed by atoms with E-state index in [0.717, 1.165) is 11.1 Å². The van der Waals surface area contributed by atoms with Gasteiger partial charge in [0.15, 0.2) is 6.61 Å². The van der Waals surface area contributed by atoms with Gasteiger partial charge in [-0.1, -0.05) is 29.8 Å². The zero-order chi connectivity index (χ0) is 20.2. The minimum absolute atomic E-state index is 0.00725. The molecule has 0 aliphatic carbocycles. The molecule has 2 aromatic carbocycles. The largest absolute Gasteiger partial charge is 0.452 e. The van der Waals surface area contributed by atoms with Crippen LogP contribution in [0.25, 0.3) is 0 Å². The van der Waals surface area contributed by atoms with Crippen molar-refractivity contribution < 1.29 is 22.7 Å². The van der Waals surface area contributed by atoms with Crippen molar-refractivity contribution in [1.82, 2.24) is 5.32 Å². The molecule has 27 heavy (non-hydrogen) atoms. The van der Waals surface area contributed by atoms with Crippen LogP contribution < -0.4 is 10.5 Å². The second-order valence-corrected chi connectivity index (χ2v) is 7.86. The van der Waals surface area contributed by atoms with Gasteiger partial charge >= 0.3 is 5.97 Å². The number of esters is 1. The first kappa shape index (κ1) is 20.6. The summed E-state index contributed by atoms with van der Waals surface area (Å²) in [5.41, 5.74) is 2.92. The lowest BCUT2D eigenvalue weighted by Crippen LogP contribution is -2.31. The third-order valence-electron chi connectivity index (χ3n) is 4.02. The van der Waals surface area contributed by atoms with Crippen LogP contribution in [0.4, 0.5) is 0 Å². The maximum absolute atomic E-state index is 12.1. The van der Waals surface area contributed by atoms with Gasteiger partial charge in [0.2, 0.25) is 10.0 Å². The Bertz CT molecular complexity index is 953. The van der Waals surface area contributed by atoms with E-state index in [2.05, 4.69) is 5.32 Å². The Kier molecular flexibility index (Phi) is 6.35. The van der Waals surface area contributed by atoms with Crippen molar-refractivity contribution in [3.63, 3.8) is 0 Å². The molecule has 0 spiro atoms. The third kappa shape index (κ3) is 5.63. The Morgan fingerprint density at radius 2 is 1.74 bits per heavy atom. The fraction of sp³-hybridized carbons (Fsp3) is 0.263. The maximum Gasteiger partial charge on any atom is 0.338 e. The van der Waals surface area contributed by atoms with Crippen LogP contribution in [-0.2, 0) is 19.6 Å². The minimum atomic E-state index is -3.76. The van der Waals surface area contributed by atoms with Crippen molar-refractivity contribution in [2.75, 3.05) is 6.61 Å². The number of nitrogens with one attached hydrogen (secondary N) is 1. The first-order valence-electron chi connectivity index (χ1n) is 8.24. The zero-order valence-electron chi connectivity index (χ0n) is 15.4. The highest BCUT2D eigenvalue weighted by molar-refractivity contribution is 7.89. The first-order valence-corrected chi connectivity index (χ1v) is 9.79. The number of carbonyl (C=O) groups excluding carboxylic acids is 2.